The van der Waals surface area contributed by atoms with Gasteiger partial charge >= 0.3 is 0 Å². The molecule has 2 bridgehead atoms. The molecule has 0 spiro atoms. The van der Waals surface area contributed by atoms with Crippen LogP contribution in [0.15, 0.2) is 0 Å². The van der Waals surface area contributed by atoms with Crippen molar-refractivity contribution in [3.8, 4) is 6.07 Å². The normalized spacial score (nSPS) is 47.2. The Morgan fingerprint density at radius 1 is 1.44 bits per heavy atom. The quantitative estimate of drug-likeness (QED) is 0.508. The Bertz CT molecular complexity index is 159. The third-order valence-corrected chi connectivity index (χ3v) is 2.53. The zero-order valence-electron chi connectivity index (χ0n) is 5.30. The van der Waals surface area contributed by atoms with Gasteiger partial charge in [0.05, 0.1) is 12.0 Å². The lowest BCUT2D eigenvalue weighted by Gasteiger charge is -2.14. The molecule has 0 aromatic rings. The maximum Gasteiger partial charge on any atom is 0.0659 e. The van der Waals surface area contributed by atoms with E-state index in [-0.39, 0.29) is 0 Å². The van der Waals surface area contributed by atoms with E-state index >= 15 is 0 Å². The fourth-order valence-electron chi connectivity index (χ4n) is 1.99. The van der Waals surface area contributed by atoms with Gasteiger partial charge in [-0.15, -0.1) is 0 Å². The summed E-state index contributed by atoms with van der Waals surface area (Å²) in [5.74, 6) is 1.05. The molecule has 0 aromatic heterocycles. The summed E-state index contributed by atoms with van der Waals surface area (Å²) in [6.07, 6.45) is 2.35. The number of rotatable bonds is 0. The lowest BCUT2D eigenvalue weighted by atomic mass is 9.97. The first-order valence-corrected chi connectivity index (χ1v) is 3.53. The van der Waals surface area contributed by atoms with Crippen molar-refractivity contribution in [1.82, 2.24) is 5.32 Å². The van der Waals surface area contributed by atoms with E-state index in [0.717, 1.165) is 13.0 Å². The number of hydrogen-bond donors (Lipinski definition) is 1. The topological polar surface area (TPSA) is 35.8 Å². The molecule has 0 radical (unpaired) electrons. The number of piperidine rings is 1. The molecule has 9 heavy (non-hydrogen) atoms. The third kappa shape index (κ3) is 0.650. The minimum absolute atomic E-state index is 0.372. The highest BCUT2D eigenvalue weighted by Gasteiger charge is 2.39. The highest BCUT2D eigenvalue weighted by Crippen LogP contribution is 2.35. The maximum absolute atomic E-state index is 8.61. The van der Waals surface area contributed by atoms with Crippen LogP contribution in [0.3, 0.4) is 0 Å². The summed E-state index contributed by atoms with van der Waals surface area (Å²) in [6, 6.07) is 3.04. The molecule has 0 unspecified atom stereocenters. The van der Waals surface area contributed by atoms with E-state index in [1.54, 1.807) is 0 Å². The van der Waals surface area contributed by atoms with Crippen LogP contribution < -0.4 is 5.32 Å². The van der Waals surface area contributed by atoms with Crippen molar-refractivity contribution < 1.29 is 0 Å². The van der Waals surface area contributed by atoms with Gasteiger partial charge in [0.15, 0.2) is 0 Å². The minimum Gasteiger partial charge on any atom is -0.314 e. The second-order valence-electron chi connectivity index (χ2n) is 3.07. The van der Waals surface area contributed by atoms with Gasteiger partial charge in [0, 0.05) is 6.04 Å². The van der Waals surface area contributed by atoms with E-state index in [1.165, 1.54) is 6.42 Å². The summed E-state index contributed by atoms with van der Waals surface area (Å²) < 4.78 is 0. The average molecular weight is 122 g/mol. The molecule has 2 fully saturated rings. The Hall–Kier alpha value is -0.550. The predicted octanol–water partition coefficient (Wildman–Crippen LogP) is 0.508. The molecule has 3 atom stereocenters. The number of nitrogens with one attached hydrogen (secondary N) is 1. The monoisotopic (exact) mass is 122 g/mol. The van der Waals surface area contributed by atoms with Gasteiger partial charge in [-0.2, -0.15) is 5.26 Å². The van der Waals surface area contributed by atoms with Gasteiger partial charge < -0.3 is 5.32 Å². The zero-order chi connectivity index (χ0) is 6.27. The second-order valence-corrected chi connectivity index (χ2v) is 3.07. The van der Waals surface area contributed by atoms with Crippen LogP contribution in [-0.2, 0) is 0 Å². The molecule has 2 aliphatic rings. The van der Waals surface area contributed by atoms with Gasteiger partial charge in [0.1, 0.15) is 0 Å². The van der Waals surface area contributed by atoms with Crippen LogP contribution in [0.2, 0.25) is 0 Å². The van der Waals surface area contributed by atoms with E-state index in [2.05, 4.69) is 11.4 Å². The van der Waals surface area contributed by atoms with E-state index in [4.69, 9.17) is 5.26 Å². The van der Waals surface area contributed by atoms with Gasteiger partial charge in [0.2, 0.25) is 0 Å². The van der Waals surface area contributed by atoms with E-state index in [0.29, 0.717) is 17.9 Å². The fraction of sp³-hybridized carbons (Fsp3) is 0.857. The smallest absolute Gasteiger partial charge is 0.0659 e. The largest absolute Gasteiger partial charge is 0.314 e. The molecule has 0 aromatic carbocycles. The molecular formula is C7H10N2. The summed E-state index contributed by atoms with van der Waals surface area (Å²) in [6.45, 7) is 1.09. The van der Waals surface area contributed by atoms with Crippen molar-refractivity contribution in [3.05, 3.63) is 0 Å². The Morgan fingerprint density at radius 3 is 2.67 bits per heavy atom. The van der Waals surface area contributed by atoms with Gasteiger partial charge in [-0.1, -0.05) is 0 Å². The lowest BCUT2D eigenvalue weighted by Crippen LogP contribution is -2.28. The molecule has 2 rings (SSSR count). The summed E-state index contributed by atoms with van der Waals surface area (Å²) in [5.41, 5.74) is 0. The second kappa shape index (κ2) is 1.71. The van der Waals surface area contributed by atoms with Crippen LogP contribution in [0.25, 0.3) is 0 Å². The molecular weight excluding hydrogens is 112 g/mol. The number of nitriles is 1. The lowest BCUT2D eigenvalue weighted by molar-refractivity contribution is 0.423. The van der Waals surface area contributed by atoms with Gasteiger partial charge in [-0.3, -0.25) is 0 Å². The van der Waals surface area contributed by atoms with Gasteiger partial charge in [-0.25, -0.2) is 0 Å². The standard InChI is InChI=1S/C7H10N2/c8-3-5-1-7-2-6(5)4-9-7/h5-7,9H,1-2,4H2/t5-,6-,7-/m0/s1. The van der Waals surface area contributed by atoms with Crippen LogP contribution in [0.4, 0.5) is 0 Å². The Balaban J connectivity index is 2.12. The molecule has 1 saturated carbocycles. The Morgan fingerprint density at radius 2 is 2.33 bits per heavy atom. The van der Waals surface area contributed by atoms with Crippen LogP contribution in [-0.4, -0.2) is 12.6 Å². The number of fused-ring (bicyclic) bond motifs is 2. The van der Waals surface area contributed by atoms with Crippen LogP contribution in [0, 0.1) is 23.2 Å². The van der Waals surface area contributed by atoms with Crippen molar-refractivity contribution in [3.63, 3.8) is 0 Å². The molecule has 1 N–H and O–H groups in total. The highest BCUT2D eigenvalue weighted by atomic mass is 15.0. The first-order chi connectivity index (χ1) is 4.40. The summed E-state index contributed by atoms with van der Waals surface area (Å²) >= 11 is 0. The Labute approximate surface area is 54.9 Å². The van der Waals surface area contributed by atoms with Crippen molar-refractivity contribution in [1.29, 1.82) is 5.26 Å². The predicted molar refractivity (Wildman–Crippen MR) is 33.6 cm³/mol. The summed E-state index contributed by atoms with van der Waals surface area (Å²) in [4.78, 5) is 0. The Kier molecular flexibility index (Phi) is 1.000. The van der Waals surface area contributed by atoms with E-state index in [9.17, 15) is 0 Å². The molecule has 48 valence electrons. The maximum atomic E-state index is 8.61. The third-order valence-electron chi connectivity index (χ3n) is 2.53. The molecule has 2 nitrogen and oxygen atoms in total. The summed E-state index contributed by atoms with van der Waals surface area (Å²) in [7, 11) is 0. The zero-order valence-corrected chi connectivity index (χ0v) is 5.30. The van der Waals surface area contributed by atoms with Gasteiger partial charge in [0.25, 0.3) is 0 Å². The van der Waals surface area contributed by atoms with Crippen molar-refractivity contribution in [2.75, 3.05) is 6.54 Å². The molecule has 1 aliphatic carbocycles. The molecule has 0 amide bonds. The van der Waals surface area contributed by atoms with E-state index in [1.807, 2.05) is 0 Å². The van der Waals surface area contributed by atoms with E-state index < -0.39 is 0 Å². The average Bonchev–Trinajstić information content (AvgIpc) is 2.45. The number of hydrogen-bond acceptors (Lipinski definition) is 2. The van der Waals surface area contributed by atoms with Crippen molar-refractivity contribution >= 4 is 0 Å². The highest BCUT2D eigenvalue weighted by molar-refractivity contribution is 5.03. The first-order valence-electron chi connectivity index (χ1n) is 3.53. The fourth-order valence-corrected chi connectivity index (χ4v) is 1.99. The van der Waals surface area contributed by atoms with Crippen LogP contribution in [0.5, 0.6) is 0 Å². The first kappa shape index (κ1) is 5.25. The SMILES string of the molecule is N#C[C@@H]1C[C@H]2C[C@H]1CN2. The summed E-state index contributed by atoms with van der Waals surface area (Å²) in [5, 5.41) is 12.0. The molecule has 1 heterocycles. The van der Waals surface area contributed by atoms with Crippen molar-refractivity contribution in [2.24, 2.45) is 11.8 Å². The number of nitrogens with zero attached hydrogens (tertiary/aromatic N) is 1. The van der Waals surface area contributed by atoms with Crippen LogP contribution >= 0.6 is 0 Å². The van der Waals surface area contributed by atoms with Crippen LogP contribution in [0.1, 0.15) is 12.8 Å². The molecule has 2 heteroatoms. The van der Waals surface area contributed by atoms with Gasteiger partial charge in [-0.05, 0) is 25.3 Å². The van der Waals surface area contributed by atoms with Crippen molar-refractivity contribution in [2.45, 2.75) is 18.9 Å². The molecule has 1 saturated heterocycles. The minimum atomic E-state index is 0.372. The molecule has 1 aliphatic heterocycles.